The molecule has 0 heterocycles. The van der Waals surface area contributed by atoms with Crippen LogP contribution in [0.15, 0.2) is 71.3 Å². The minimum atomic E-state index is -1.92. The van der Waals surface area contributed by atoms with Crippen LogP contribution in [-0.4, -0.2) is 5.43 Å². The molecule has 0 fully saturated rings. The molecule has 28 heavy (non-hydrogen) atoms. The molecular weight excluding hydrogens is 478 g/mol. The van der Waals surface area contributed by atoms with Gasteiger partial charge in [-0.3, -0.25) is 0 Å². The van der Waals surface area contributed by atoms with E-state index in [-0.39, 0.29) is 30.2 Å². The SMILES string of the molecule is CC1=C[C](C)([Zr+2]([CH]2c3ccccc3-c3ccccc32)=[Si](C)C)C(C)=C1C.[Cl-].[Cl-]. The molecule has 0 bridgehead atoms. The van der Waals surface area contributed by atoms with Crippen LogP contribution >= 0.6 is 0 Å². The minimum absolute atomic E-state index is 0. The maximum Gasteiger partial charge on any atom is -1.00 e. The normalized spacial score (nSPS) is 19.7. The number of benzene rings is 2. The summed E-state index contributed by atoms with van der Waals surface area (Å²) in [6.07, 6.45) is 2.66. The molecule has 2 aliphatic rings. The van der Waals surface area contributed by atoms with Gasteiger partial charge in [0.05, 0.1) is 0 Å². The fourth-order valence-corrected chi connectivity index (χ4v) is 28.7. The molecule has 0 aromatic heterocycles. The van der Waals surface area contributed by atoms with E-state index < -0.39 is 20.4 Å². The van der Waals surface area contributed by atoms with Crippen LogP contribution in [0.1, 0.15) is 42.4 Å². The van der Waals surface area contributed by atoms with Gasteiger partial charge in [0.15, 0.2) is 0 Å². The fraction of sp³-hybridized carbons (Fsp3) is 0.333. The van der Waals surface area contributed by atoms with Crippen LogP contribution in [0, 0.1) is 0 Å². The molecule has 0 N–H and O–H groups in total. The van der Waals surface area contributed by atoms with Gasteiger partial charge < -0.3 is 24.8 Å². The van der Waals surface area contributed by atoms with Crippen LogP contribution in [-0.2, 0) is 20.4 Å². The Morgan fingerprint density at radius 2 is 1.29 bits per heavy atom. The van der Waals surface area contributed by atoms with E-state index in [1.54, 1.807) is 22.3 Å². The van der Waals surface area contributed by atoms with Crippen LogP contribution in [0.2, 0.25) is 16.2 Å². The molecule has 4 rings (SSSR count). The predicted molar refractivity (Wildman–Crippen MR) is 112 cm³/mol. The third kappa shape index (κ3) is 3.49. The van der Waals surface area contributed by atoms with E-state index in [9.17, 15) is 0 Å². The molecule has 0 saturated heterocycles. The molecule has 0 amide bonds. The molecule has 2 aromatic carbocycles. The number of halogens is 2. The van der Waals surface area contributed by atoms with Crippen molar-refractivity contribution in [2.45, 2.75) is 47.5 Å². The first-order valence-electron chi connectivity index (χ1n) is 9.60. The summed E-state index contributed by atoms with van der Waals surface area (Å²) in [5.41, 5.74) is 10.6. The predicted octanol–water partition coefficient (Wildman–Crippen LogP) is 1.11. The Kier molecular flexibility index (Phi) is 7.47. The van der Waals surface area contributed by atoms with Gasteiger partial charge in [-0.25, -0.2) is 0 Å². The quantitative estimate of drug-likeness (QED) is 0.536. The van der Waals surface area contributed by atoms with Gasteiger partial charge in [0.2, 0.25) is 0 Å². The van der Waals surface area contributed by atoms with Crippen molar-refractivity contribution >= 4 is 5.43 Å². The minimum Gasteiger partial charge on any atom is -1.00 e. The van der Waals surface area contributed by atoms with Gasteiger partial charge in [-0.1, -0.05) is 0 Å². The Bertz CT molecular complexity index is 969. The van der Waals surface area contributed by atoms with E-state index in [0.717, 1.165) is 0 Å². The molecule has 0 saturated carbocycles. The Hall–Kier alpha value is -0.400. The fourth-order valence-electron chi connectivity index (χ4n) is 5.19. The van der Waals surface area contributed by atoms with Gasteiger partial charge in [0, 0.05) is 0 Å². The second-order valence-corrected chi connectivity index (χ2v) is 26.9. The van der Waals surface area contributed by atoms with Crippen molar-refractivity contribution < 1.29 is 45.2 Å². The standard InChI is InChI=1S/C13H9.C9H13.C2H6Si.2ClH.Zr/c1-3-7-12-10(5-1)9-11-6-2-4-8-13(11)12;1-6-5-7(2)9(4)8(6)3;1-3-2;;;/h1-9H;5H,1-4H3;1-2H3;2*1H;/q;;;;;+2/p-2. The third-order valence-corrected chi connectivity index (χ3v) is 27.4. The van der Waals surface area contributed by atoms with Crippen molar-refractivity contribution in [1.82, 2.24) is 0 Å². The zero-order chi connectivity index (χ0) is 18.6. The summed E-state index contributed by atoms with van der Waals surface area (Å²) in [6, 6.07) is 18.5. The smallest absolute Gasteiger partial charge is 1.00 e. The monoisotopic (exact) mass is 504 g/mol. The number of allylic oxidation sites excluding steroid dienone is 4. The molecule has 0 nitrogen and oxygen atoms in total. The van der Waals surface area contributed by atoms with Crippen molar-refractivity contribution in [2.24, 2.45) is 0 Å². The maximum absolute atomic E-state index is 2.66. The zero-order valence-electron chi connectivity index (χ0n) is 17.5. The number of rotatable bonds is 2. The Balaban J connectivity index is 0.00000140. The summed E-state index contributed by atoms with van der Waals surface area (Å²) in [5.74, 6) is 0. The molecule has 0 aliphatic heterocycles. The van der Waals surface area contributed by atoms with E-state index in [2.05, 4.69) is 95.4 Å². The van der Waals surface area contributed by atoms with Gasteiger partial charge in [0.25, 0.3) is 0 Å². The molecule has 0 radical (unpaired) electrons. The van der Waals surface area contributed by atoms with E-state index in [4.69, 9.17) is 0 Å². The first-order valence-corrected chi connectivity index (χ1v) is 18.4. The van der Waals surface area contributed by atoms with Crippen LogP contribution in [0.25, 0.3) is 11.1 Å². The van der Waals surface area contributed by atoms with Crippen molar-refractivity contribution in [3.63, 3.8) is 0 Å². The van der Waals surface area contributed by atoms with Gasteiger partial charge >= 0.3 is 167 Å². The van der Waals surface area contributed by atoms with Gasteiger partial charge in [-0.2, -0.15) is 0 Å². The van der Waals surface area contributed by atoms with Crippen LogP contribution in [0.4, 0.5) is 0 Å². The summed E-state index contributed by atoms with van der Waals surface area (Å²) in [5, 5.41) is 0. The van der Waals surface area contributed by atoms with Gasteiger partial charge in [-0.05, 0) is 0 Å². The molecule has 4 heteroatoms. The zero-order valence-corrected chi connectivity index (χ0v) is 22.5. The van der Waals surface area contributed by atoms with Crippen LogP contribution in [0.3, 0.4) is 0 Å². The maximum atomic E-state index is 2.66. The van der Waals surface area contributed by atoms with Crippen molar-refractivity contribution in [1.29, 1.82) is 0 Å². The Morgan fingerprint density at radius 3 is 1.68 bits per heavy atom. The molecule has 2 aliphatic carbocycles. The van der Waals surface area contributed by atoms with E-state index in [1.165, 1.54) is 16.7 Å². The van der Waals surface area contributed by atoms with Crippen LogP contribution < -0.4 is 24.8 Å². The largest absolute Gasteiger partial charge is 1.00 e. The second kappa shape index (κ2) is 8.76. The third-order valence-electron chi connectivity index (χ3n) is 6.66. The number of fused-ring (bicyclic) bond motifs is 3. The van der Waals surface area contributed by atoms with Crippen molar-refractivity contribution in [3.8, 4) is 11.1 Å². The summed E-state index contributed by atoms with van der Waals surface area (Å²) in [7, 11) is 0. The summed E-state index contributed by atoms with van der Waals surface area (Å²) >= 11 is -1.92. The molecule has 0 spiro atoms. The first-order chi connectivity index (χ1) is 12.4. The number of hydrogen-bond acceptors (Lipinski definition) is 0. The average molecular weight is 507 g/mol. The topological polar surface area (TPSA) is 0 Å². The number of hydrogen-bond donors (Lipinski definition) is 0. The molecule has 2 aromatic rings. The van der Waals surface area contributed by atoms with Gasteiger partial charge in [-0.15, -0.1) is 0 Å². The summed E-state index contributed by atoms with van der Waals surface area (Å²) in [6.45, 7) is 14.8. The van der Waals surface area contributed by atoms with E-state index >= 15 is 0 Å². The first kappa shape index (κ1) is 23.9. The van der Waals surface area contributed by atoms with Crippen LogP contribution in [0.5, 0.6) is 0 Å². The molecule has 1 atom stereocenters. The molecule has 1 unspecified atom stereocenters. The summed E-state index contributed by atoms with van der Waals surface area (Å²) in [4.78, 5) is 0. The van der Waals surface area contributed by atoms with Gasteiger partial charge in [0.1, 0.15) is 0 Å². The Labute approximate surface area is 190 Å². The summed E-state index contributed by atoms with van der Waals surface area (Å²) < 4.78 is 1.05. The van der Waals surface area contributed by atoms with Crippen molar-refractivity contribution in [3.05, 3.63) is 82.5 Å². The van der Waals surface area contributed by atoms with E-state index in [1.807, 2.05) is 0 Å². The second-order valence-electron chi connectivity index (χ2n) is 8.30. The molecular formula is C24H28Cl2SiZr. The average Bonchev–Trinajstić information content (AvgIpc) is 3.04. The van der Waals surface area contributed by atoms with E-state index in [0.29, 0.717) is 6.75 Å². The Morgan fingerprint density at radius 1 is 0.821 bits per heavy atom. The van der Waals surface area contributed by atoms with Crippen molar-refractivity contribution in [2.75, 3.05) is 0 Å². The molecule has 146 valence electrons.